The smallest absolute Gasteiger partial charge is 0.119 e. The van der Waals surface area contributed by atoms with E-state index in [0.717, 1.165) is 42.8 Å². The topological polar surface area (TPSA) is 43.4 Å². The highest BCUT2D eigenvalue weighted by molar-refractivity contribution is 5.83. The standard InChI is InChI=1S/C15H18N2O2/c1-18-11-3-4-14-13(9-11)12(5-7-17-14)15-10-16-6-2-8-19-15/h3-5,7,9,15-16H,2,6,8,10H2,1H3. The maximum atomic E-state index is 5.94. The Morgan fingerprint density at radius 3 is 3.21 bits per heavy atom. The minimum atomic E-state index is 0.0834. The zero-order chi connectivity index (χ0) is 13.1. The molecule has 1 aliphatic heterocycles. The van der Waals surface area contributed by atoms with Gasteiger partial charge in [-0.05, 0) is 42.8 Å². The number of ether oxygens (including phenoxy) is 2. The number of methoxy groups -OCH3 is 1. The van der Waals surface area contributed by atoms with Crippen molar-refractivity contribution in [3.05, 3.63) is 36.0 Å². The maximum Gasteiger partial charge on any atom is 0.119 e. The van der Waals surface area contributed by atoms with Gasteiger partial charge in [-0.3, -0.25) is 4.98 Å². The van der Waals surface area contributed by atoms with Crippen LogP contribution < -0.4 is 10.1 Å². The van der Waals surface area contributed by atoms with Crippen LogP contribution in [0.2, 0.25) is 0 Å². The summed E-state index contributed by atoms with van der Waals surface area (Å²) in [6.07, 6.45) is 2.99. The van der Waals surface area contributed by atoms with Crippen LogP contribution in [-0.2, 0) is 4.74 Å². The first-order chi connectivity index (χ1) is 9.38. The van der Waals surface area contributed by atoms with Gasteiger partial charge in [0.05, 0.1) is 18.7 Å². The van der Waals surface area contributed by atoms with Gasteiger partial charge in [0.25, 0.3) is 0 Å². The molecule has 0 amide bonds. The largest absolute Gasteiger partial charge is 0.497 e. The zero-order valence-corrected chi connectivity index (χ0v) is 11.1. The molecule has 1 unspecified atom stereocenters. The third-order valence-corrected chi connectivity index (χ3v) is 3.48. The molecule has 0 spiro atoms. The lowest BCUT2D eigenvalue weighted by atomic mass is 10.0. The lowest BCUT2D eigenvalue weighted by molar-refractivity contribution is 0.0678. The van der Waals surface area contributed by atoms with Crippen LogP contribution in [0, 0.1) is 0 Å². The molecule has 0 aliphatic carbocycles. The first kappa shape index (κ1) is 12.4. The average Bonchev–Trinajstić information content (AvgIpc) is 2.75. The van der Waals surface area contributed by atoms with Crippen LogP contribution in [-0.4, -0.2) is 31.8 Å². The Balaban J connectivity index is 2.05. The molecule has 100 valence electrons. The molecule has 2 aromatic rings. The van der Waals surface area contributed by atoms with Crippen LogP contribution in [0.5, 0.6) is 5.75 Å². The molecule has 0 saturated carbocycles. The van der Waals surface area contributed by atoms with Crippen molar-refractivity contribution in [3.63, 3.8) is 0 Å². The monoisotopic (exact) mass is 258 g/mol. The summed E-state index contributed by atoms with van der Waals surface area (Å²) in [6, 6.07) is 8.00. The Bertz CT molecular complexity index is 563. The van der Waals surface area contributed by atoms with E-state index in [9.17, 15) is 0 Å². The third kappa shape index (κ3) is 2.55. The van der Waals surface area contributed by atoms with Crippen LogP contribution in [0.15, 0.2) is 30.5 Å². The molecule has 1 aromatic carbocycles. The van der Waals surface area contributed by atoms with Crippen molar-refractivity contribution in [2.24, 2.45) is 0 Å². The Morgan fingerprint density at radius 1 is 1.37 bits per heavy atom. The SMILES string of the molecule is COc1ccc2nccc(C3CNCCCO3)c2c1. The fourth-order valence-electron chi connectivity index (χ4n) is 2.47. The first-order valence-corrected chi connectivity index (χ1v) is 6.63. The van der Waals surface area contributed by atoms with E-state index in [0.29, 0.717) is 0 Å². The second kappa shape index (κ2) is 5.55. The lowest BCUT2D eigenvalue weighted by Gasteiger charge is -2.17. The summed E-state index contributed by atoms with van der Waals surface area (Å²) in [7, 11) is 1.68. The van der Waals surface area contributed by atoms with Crippen molar-refractivity contribution in [1.82, 2.24) is 10.3 Å². The number of hydrogen-bond donors (Lipinski definition) is 1. The van der Waals surface area contributed by atoms with E-state index >= 15 is 0 Å². The third-order valence-electron chi connectivity index (χ3n) is 3.48. The van der Waals surface area contributed by atoms with E-state index in [1.165, 1.54) is 5.56 Å². The van der Waals surface area contributed by atoms with E-state index in [1.807, 2.05) is 30.5 Å². The quantitative estimate of drug-likeness (QED) is 0.897. The highest BCUT2D eigenvalue weighted by Gasteiger charge is 2.17. The number of aromatic nitrogens is 1. The van der Waals surface area contributed by atoms with Gasteiger partial charge in [-0.1, -0.05) is 0 Å². The van der Waals surface area contributed by atoms with Crippen molar-refractivity contribution < 1.29 is 9.47 Å². The molecule has 1 saturated heterocycles. The number of pyridine rings is 1. The van der Waals surface area contributed by atoms with E-state index < -0.39 is 0 Å². The van der Waals surface area contributed by atoms with Crippen molar-refractivity contribution in [3.8, 4) is 5.75 Å². The van der Waals surface area contributed by atoms with E-state index in [1.54, 1.807) is 7.11 Å². The van der Waals surface area contributed by atoms with Crippen LogP contribution in [0.1, 0.15) is 18.1 Å². The van der Waals surface area contributed by atoms with Crippen molar-refractivity contribution >= 4 is 10.9 Å². The molecule has 3 rings (SSSR count). The summed E-state index contributed by atoms with van der Waals surface area (Å²) in [4.78, 5) is 4.40. The van der Waals surface area contributed by atoms with Crippen LogP contribution in [0.25, 0.3) is 10.9 Å². The molecule has 1 atom stereocenters. The molecule has 1 aliphatic rings. The van der Waals surface area contributed by atoms with Crippen LogP contribution in [0.3, 0.4) is 0 Å². The van der Waals surface area contributed by atoms with Crippen molar-refractivity contribution in [1.29, 1.82) is 0 Å². The molecule has 0 radical (unpaired) electrons. The van der Waals surface area contributed by atoms with Gasteiger partial charge in [0.2, 0.25) is 0 Å². The van der Waals surface area contributed by atoms with Gasteiger partial charge in [0, 0.05) is 24.7 Å². The highest BCUT2D eigenvalue weighted by Crippen LogP contribution is 2.28. The predicted octanol–water partition coefficient (Wildman–Crippen LogP) is 2.29. The molecule has 19 heavy (non-hydrogen) atoms. The van der Waals surface area contributed by atoms with E-state index in [4.69, 9.17) is 9.47 Å². The number of nitrogens with one attached hydrogen (secondary N) is 1. The molecule has 4 nitrogen and oxygen atoms in total. The number of benzene rings is 1. The minimum Gasteiger partial charge on any atom is -0.497 e. The molecule has 0 bridgehead atoms. The summed E-state index contributed by atoms with van der Waals surface area (Å²) >= 11 is 0. The Morgan fingerprint density at radius 2 is 2.32 bits per heavy atom. The van der Waals surface area contributed by atoms with Gasteiger partial charge in [-0.25, -0.2) is 0 Å². The van der Waals surface area contributed by atoms with Gasteiger partial charge in [-0.15, -0.1) is 0 Å². The molecular formula is C15H18N2O2. The zero-order valence-electron chi connectivity index (χ0n) is 11.1. The fraction of sp³-hybridized carbons (Fsp3) is 0.400. The van der Waals surface area contributed by atoms with Crippen molar-refractivity contribution in [2.75, 3.05) is 26.8 Å². The number of rotatable bonds is 2. The number of nitrogens with zero attached hydrogens (tertiary/aromatic N) is 1. The first-order valence-electron chi connectivity index (χ1n) is 6.63. The molecule has 4 heteroatoms. The van der Waals surface area contributed by atoms with Gasteiger partial charge >= 0.3 is 0 Å². The fourth-order valence-corrected chi connectivity index (χ4v) is 2.47. The molecule has 2 heterocycles. The number of fused-ring (bicyclic) bond motifs is 1. The molecular weight excluding hydrogens is 240 g/mol. The molecule has 1 N–H and O–H groups in total. The Hall–Kier alpha value is -1.65. The second-order valence-electron chi connectivity index (χ2n) is 4.70. The van der Waals surface area contributed by atoms with Gasteiger partial charge < -0.3 is 14.8 Å². The predicted molar refractivity (Wildman–Crippen MR) is 74.5 cm³/mol. The lowest BCUT2D eigenvalue weighted by Crippen LogP contribution is -2.20. The Labute approximate surface area is 112 Å². The van der Waals surface area contributed by atoms with Gasteiger partial charge in [-0.2, -0.15) is 0 Å². The minimum absolute atomic E-state index is 0.0834. The Kier molecular flexibility index (Phi) is 3.62. The maximum absolute atomic E-state index is 5.94. The summed E-state index contributed by atoms with van der Waals surface area (Å²) < 4.78 is 11.2. The summed E-state index contributed by atoms with van der Waals surface area (Å²) in [5.41, 5.74) is 2.16. The van der Waals surface area contributed by atoms with Gasteiger partial charge in [0.1, 0.15) is 5.75 Å². The summed E-state index contributed by atoms with van der Waals surface area (Å²) in [5, 5.41) is 4.52. The average molecular weight is 258 g/mol. The van der Waals surface area contributed by atoms with Gasteiger partial charge in [0.15, 0.2) is 0 Å². The molecule has 1 fully saturated rings. The van der Waals surface area contributed by atoms with Crippen molar-refractivity contribution in [2.45, 2.75) is 12.5 Å². The molecule has 1 aromatic heterocycles. The van der Waals surface area contributed by atoms with Crippen LogP contribution in [0.4, 0.5) is 0 Å². The normalized spacial score (nSPS) is 20.2. The highest BCUT2D eigenvalue weighted by atomic mass is 16.5. The van der Waals surface area contributed by atoms with E-state index in [2.05, 4.69) is 10.3 Å². The second-order valence-corrected chi connectivity index (χ2v) is 4.70. The summed E-state index contributed by atoms with van der Waals surface area (Å²) in [6.45, 7) is 2.66. The summed E-state index contributed by atoms with van der Waals surface area (Å²) in [5.74, 6) is 0.850. The van der Waals surface area contributed by atoms with Crippen LogP contribution >= 0.6 is 0 Å². The van der Waals surface area contributed by atoms with E-state index in [-0.39, 0.29) is 6.10 Å². The number of hydrogen-bond acceptors (Lipinski definition) is 4.